The Hall–Kier alpha value is -0.340. The summed E-state index contributed by atoms with van der Waals surface area (Å²) >= 11 is 1.82. The molecule has 0 radical (unpaired) electrons. The summed E-state index contributed by atoms with van der Waals surface area (Å²) in [7, 11) is 0. The Kier molecular flexibility index (Phi) is 3.94. The van der Waals surface area contributed by atoms with Gasteiger partial charge in [-0.1, -0.05) is 19.9 Å². The van der Waals surface area contributed by atoms with Crippen LogP contribution in [0.4, 0.5) is 0 Å². The zero-order chi connectivity index (χ0) is 9.84. The summed E-state index contributed by atoms with van der Waals surface area (Å²) in [5.74, 6) is 0.697. The molecule has 2 heteroatoms. The fraction of sp³-hybridized carbons (Fsp3) is 0.636. The molecule has 0 amide bonds. The predicted octanol–water partition coefficient (Wildman–Crippen LogP) is 3.44. The Bertz CT molecular complexity index is 228. The molecule has 0 aliphatic carbocycles. The molecule has 13 heavy (non-hydrogen) atoms. The first-order valence-corrected chi connectivity index (χ1v) is 5.78. The molecule has 0 fully saturated rings. The van der Waals surface area contributed by atoms with Crippen molar-refractivity contribution in [3.63, 3.8) is 0 Å². The van der Waals surface area contributed by atoms with Crippen LogP contribution in [-0.4, -0.2) is 6.04 Å². The van der Waals surface area contributed by atoms with Crippen molar-refractivity contribution in [1.82, 2.24) is 5.32 Å². The van der Waals surface area contributed by atoms with Gasteiger partial charge >= 0.3 is 0 Å². The summed E-state index contributed by atoms with van der Waals surface area (Å²) in [4.78, 5) is 1.42. The molecule has 0 aromatic carbocycles. The third kappa shape index (κ3) is 3.12. The van der Waals surface area contributed by atoms with E-state index in [4.69, 9.17) is 0 Å². The number of hydrogen-bond acceptors (Lipinski definition) is 2. The van der Waals surface area contributed by atoms with Crippen LogP contribution in [0.2, 0.25) is 0 Å². The third-order valence-corrected chi connectivity index (χ3v) is 3.54. The van der Waals surface area contributed by atoms with Gasteiger partial charge in [-0.05, 0) is 31.2 Å². The standard InChI is InChI=1S/C11H19NS/c1-8(2)9(3)12-10(4)11-6-5-7-13-11/h5-10,12H,1-4H3/t9-,10-/m1/s1. The zero-order valence-electron chi connectivity index (χ0n) is 8.87. The van der Waals surface area contributed by atoms with Gasteiger partial charge in [0, 0.05) is 17.0 Å². The second-order valence-electron chi connectivity index (χ2n) is 3.94. The normalized spacial score (nSPS) is 16.1. The first-order chi connectivity index (χ1) is 6.11. The Morgan fingerprint density at radius 3 is 2.38 bits per heavy atom. The Labute approximate surface area is 85.2 Å². The third-order valence-electron chi connectivity index (χ3n) is 2.48. The van der Waals surface area contributed by atoms with Crippen LogP contribution in [0.25, 0.3) is 0 Å². The SMILES string of the molecule is CC(C)[C@@H](C)N[C@H](C)c1cccs1. The molecule has 0 unspecified atom stereocenters. The van der Waals surface area contributed by atoms with E-state index >= 15 is 0 Å². The minimum Gasteiger partial charge on any atom is -0.307 e. The highest BCUT2D eigenvalue weighted by atomic mass is 32.1. The van der Waals surface area contributed by atoms with Crippen LogP contribution in [0.15, 0.2) is 17.5 Å². The maximum atomic E-state index is 3.59. The average Bonchev–Trinajstić information content (AvgIpc) is 2.55. The van der Waals surface area contributed by atoms with Gasteiger partial charge < -0.3 is 5.32 Å². The van der Waals surface area contributed by atoms with Gasteiger partial charge in [-0.25, -0.2) is 0 Å². The van der Waals surface area contributed by atoms with Crippen molar-refractivity contribution in [1.29, 1.82) is 0 Å². The molecule has 1 nitrogen and oxygen atoms in total. The van der Waals surface area contributed by atoms with Gasteiger partial charge in [-0.3, -0.25) is 0 Å². The molecule has 0 aliphatic rings. The molecule has 0 bridgehead atoms. The quantitative estimate of drug-likeness (QED) is 0.779. The minimum absolute atomic E-state index is 0.484. The molecule has 1 N–H and O–H groups in total. The smallest absolute Gasteiger partial charge is 0.0388 e. The van der Waals surface area contributed by atoms with Gasteiger partial charge in [0.25, 0.3) is 0 Å². The summed E-state index contributed by atoms with van der Waals surface area (Å²) in [5, 5.41) is 5.72. The molecule has 0 saturated carbocycles. The summed E-state index contributed by atoms with van der Waals surface area (Å²) in [6.45, 7) is 8.97. The van der Waals surface area contributed by atoms with Crippen LogP contribution in [0.5, 0.6) is 0 Å². The molecule has 0 saturated heterocycles. The van der Waals surface area contributed by atoms with E-state index in [-0.39, 0.29) is 0 Å². The van der Waals surface area contributed by atoms with Crippen molar-refractivity contribution in [2.24, 2.45) is 5.92 Å². The largest absolute Gasteiger partial charge is 0.307 e. The monoisotopic (exact) mass is 197 g/mol. The number of hydrogen-bond donors (Lipinski definition) is 1. The first kappa shape index (κ1) is 10.7. The van der Waals surface area contributed by atoms with Crippen molar-refractivity contribution in [2.45, 2.75) is 39.8 Å². The zero-order valence-corrected chi connectivity index (χ0v) is 9.69. The van der Waals surface area contributed by atoms with Crippen LogP contribution in [-0.2, 0) is 0 Å². The van der Waals surface area contributed by atoms with E-state index in [0.717, 1.165) is 0 Å². The lowest BCUT2D eigenvalue weighted by Crippen LogP contribution is -2.32. The average molecular weight is 197 g/mol. The molecule has 0 aliphatic heterocycles. The number of nitrogens with one attached hydrogen (secondary N) is 1. The van der Waals surface area contributed by atoms with Crippen LogP contribution in [0.1, 0.15) is 38.6 Å². The fourth-order valence-electron chi connectivity index (χ4n) is 1.21. The van der Waals surface area contributed by atoms with Crippen LogP contribution in [0.3, 0.4) is 0 Å². The summed E-state index contributed by atoms with van der Waals surface area (Å²) in [6, 6.07) is 5.36. The molecule has 2 atom stereocenters. The maximum Gasteiger partial charge on any atom is 0.0388 e. The maximum absolute atomic E-state index is 3.59. The Morgan fingerprint density at radius 1 is 1.23 bits per heavy atom. The summed E-state index contributed by atoms with van der Waals surface area (Å²) < 4.78 is 0. The van der Waals surface area contributed by atoms with E-state index in [1.165, 1.54) is 4.88 Å². The topological polar surface area (TPSA) is 12.0 Å². The highest BCUT2D eigenvalue weighted by Gasteiger charge is 2.12. The van der Waals surface area contributed by atoms with Gasteiger partial charge in [0.05, 0.1) is 0 Å². The second-order valence-corrected chi connectivity index (χ2v) is 4.92. The highest BCUT2D eigenvalue weighted by Crippen LogP contribution is 2.19. The minimum atomic E-state index is 0.484. The molecular weight excluding hydrogens is 178 g/mol. The molecule has 1 rings (SSSR count). The van der Waals surface area contributed by atoms with E-state index in [9.17, 15) is 0 Å². The molecule has 1 aromatic rings. The predicted molar refractivity (Wildman–Crippen MR) is 60.2 cm³/mol. The van der Waals surface area contributed by atoms with E-state index in [2.05, 4.69) is 50.5 Å². The lowest BCUT2D eigenvalue weighted by Gasteiger charge is -2.22. The van der Waals surface area contributed by atoms with Gasteiger partial charge in [0.1, 0.15) is 0 Å². The molecule has 74 valence electrons. The van der Waals surface area contributed by atoms with Gasteiger partial charge in [0.15, 0.2) is 0 Å². The lowest BCUT2D eigenvalue weighted by atomic mass is 10.1. The summed E-state index contributed by atoms with van der Waals surface area (Å²) in [6.07, 6.45) is 0. The van der Waals surface area contributed by atoms with Crippen LogP contribution < -0.4 is 5.32 Å². The number of rotatable bonds is 4. The van der Waals surface area contributed by atoms with Crippen molar-refractivity contribution in [3.8, 4) is 0 Å². The van der Waals surface area contributed by atoms with E-state index in [1.807, 2.05) is 11.3 Å². The molecule has 1 aromatic heterocycles. The highest BCUT2D eigenvalue weighted by molar-refractivity contribution is 7.10. The Morgan fingerprint density at radius 2 is 1.92 bits per heavy atom. The molecular formula is C11H19NS. The number of thiophene rings is 1. The van der Waals surface area contributed by atoms with Crippen molar-refractivity contribution in [2.75, 3.05) is 0 Å². The van der Waals surface area contributed by atoms with Crippen molar-refractivity contribution >= 4 is 11.3 Å². The van der Waals surface area contributed by atoms with E-state index < -0.39 is 0 Å². The molecule has 0 spiro atoms. The second kappa shape index (κ2) is 4.77. The lowest BCUT2D eigenvalue weighted by molar-refractivity contribution is 0.391. The van der Waals surface area contributed by atoms with Gasteiger partial charge in [-0.2, -0.15) is 0 Å². The van der Waals surface area contributed by atoms with Crippen molar-refractivity contribution < 1.29 is 0 Å². The van der Waals surface area contributed by atoms with Crippen molar-refractivity contribution in [3.05, 3.63) is 22.4 Å². The molecule has 1 heterocycles. The van der Waals surface area contributed by atoms with Crippen LogP contribution in [0, 0.1) is 5.92 Å². The van der Waals surface area contributed by atoms with E-state index in [0.29, 0.717) is 18.0 Å². The van der Waals surface area contributed by atoms with Gasteiger partial charge in [0.2, 0.25) is 0 Å². The van der Waals surface area contributed by atoms with E-state index in [1.54, 1.807) is 0 Å². The Balaban J connectivity index is 2.46. The fourth-order valence-corrected chi connectivity index (χ4v) is 1.95. The van der Waals surface area contributed by atoms with Crippen LogP contribution >= 0.6 is 11.3 Å². The first-order valence-electron chi connectivity index (χ1n) is 4.90. The summed E-state index contributed by atoms with van der Waals surface area (Å²) in [5.41, 5.74) is 0. The van der Waals surface area contributed by atoms with Gasteiger partial charge in [-0.15, -0.1) is 11.3 Å².